The van der Waals surface area contributed by atoms with E-state index in [1.165, 1.54) is 13.8 Å². The number of hydrogen-bond acceptors (Lipinski definition) is 6. The van der Waals surface area contributed by atoms with Crippen LogP contribution < -0.4 is 0 Å². The van der Waals surface area contributed by atoms with E-state index in [4.69, 9.17) is 18.9 Å². The van der Waals surface area contributed by atoms with Crippen molar-refractivity contribution in [3.63, 3.8) is 0 Å². The molecule has 0 heterocycles. The number of ether oxygens (including phenoxy) is 4. The van der Waals surface area contributed by atoms with Gasteiger partial charge in [-0.25, -0.2) is 0 Å². The molecule has 0 saturated heterocycles. The molecule has 0 aromatic rings. The molecule has 0 N–H and O–H groups in total. The van der Waals surface area contributed by atoms with Gasteiger partial charge < -0.3 is 18.9 Å². The molecule has 0 amide bonds. The molecule has 0 bridgehead atoms. The fourth-order valence-corrected chi connectivity index (χ4v) is 1.10. The summed E-state index contributed by atoms with van der Waals surface area (Å²) in [6.07, 6.45) is -0.264. The van der Waals surface area contributed by atoms with Crippen LogP contribution in [0.25, 0.3) is 0 Å². The predicted octanol–water partition coefficient (Wildman–Crippen LogP) is 1.17. The number of carbonyl (C=O) groups excluding carboxylic acids is 2. The normalized spacial score (nSPS) is 12.8. The van der Waals surface area contributed by atoms with Gasteiger partial charge in [0.25, 0.3) is 0 Å². The molecular formula is C12H24O6. The first-order valence-electron chi connectivity index (χ1n) is 5.65. The lowest BCUT2D eigenvalue weighted by Crippen LogP contribution is -2.17. The molecule has 0 aromatic carbocycles. The van der Waals surface area contributed by atoms with E-state index in [1.54, 1.807) is 28.1 Å². The van der Waals surface area contributed by atoms with Crippen molar-refractivity contribution in [3.8, 4) is 0 Å². The van der Waals surface area contributed by atoms with Gasteiger partial charge in [0.15, 0.2) is 0 Å². The van der Waals surface area contributed by atoms with E-state index < -0.39 is 0 Å². The lowest BCUT2D eigenvalue weighted by atomic mass is 10.4. The highest BCUT2D eigenvalue weighted by atomic mass is 16.6. The van der Waals surface area contributed by atoms with Crippen molar-refractivity contribution >= 4 is 11.9 Å². The van der Waals surface area contributed by atoms with Gasteiger partial charge >= 0.3 is 11.9 Å². The van der Waals surface area contributed by atoms with Crippen molar-refractivity contribution in [2.75, 3.05) is 27.4 Å². The number of hydrogen-bond donors (Lipinski definition) is 0. The van der Waals surface area contributed by atoms with Crippen molar-refractivity contribution in [1.29, 1.82) is 0 Å². The van der Waals surface area contributed by atoms with Crippen LogP contribution in [0.4, 0.5) is 0 Å². The van der Waals surface area contributed by atoms with Crippen LogP contribution in [0.3, 0.4) is 0 Å². The van der Waals surface area contributed by atoms with Crippen molar-refractivity contribution in [2.24, 2.45) is 0 Å². The van der Waals surface area contributed by atoms with Crippen LogP contribution in [0.2, 0.25) is 0 Å². The zero-order valence-corrected chi connectivity index (χ0v) is 12.0. The molecule has 0 aliphatic heterocycles. The van der Waals surface area contributed by atoms with E-state index in [0.29, 0.717) is 13.2 Å². The van der Waals surface area contributed by atoms with E-state index in [0.717, 1.165) is 0 Å². The second kappa shape index (κ2) is 12.3. The standard InChI is InChI=1S/2C6H12O3/c2*1-5(4-8-3)9-6(2)7/h2*5H,4H2,1-3H3. The summed E-state index contributed by atoms with van der Waals surface area (Å²) in [7, 11) is 3.14. The second-order valence-electron chi connectivity index (χ2n) is 3.75. The van der Waals surface area contributed by atoms with E-state index in [1.807, 2.05) is 0 Å². The first kappa shape index (κ1) is 19.2. The highest BCUT2D eigenvalue weighted by Crippen LogP contribution is 1.90. The summed E-state index contributed by atoms with van der Waals surface area (Å²) in [5.74, 6) is -0.529. The van der Waals surface area contributed by atoms with Crippen LogP contribution in [0.15, 0.2) is 0 Å². The van der Waals surface area contributed by atoms with E-state index in [-0.39, 0.29) is 24.1 Å². The molecule has 0 radical (unpaired) electrons. The van der Waals surface area contributed by atoms with Crippen molar-refractivity contribution in [1.82, 2.24) is 0 Å². The zero-order chi connectivity index (χ0) is 14.6. The third-order valence-corrected chi connectivity index (χ3v) is 1.54. The number of carbonyl (C=O) groups is 2. The van der Waals surface area contributed by atoms with Crippen molar-refractivity contribution in [2.45, 2.75) is 39.9 Å². The minimum Gasteiger partial charge on any atom is -0.460 e. The van der Waals surface area contributed by atoms with Crippen LogP contribution in [0.1, 0.15) is 27.7 Å². The molecule has 2 unspecified atom stereocenters. The maximum absolute atomic E-state index is 10.3. The fourth-order valence-electron chi connectivity index (χ4n) is 1.10. The van der Waals surface area contributed by atoms with Crippen LogP contribution in [-0.2, 0) is 28.5 Å². The third kappa shape index (κ3) is 17.3. The summed E-state index contributed by atoms with van der Waals surface area (Å²) >= 11 is 0. The average molecular weight is 264 g/mol. The SMILES string of the molecule is COCC(C)OC(C)=O.COCC(C)OC(C)=O. The molecule has 6 nitrogen and oxygen atoms in total. The van der Waals surface area contributed by atoms with Gasteiger partial charge in [-0.05, 0) is 13.8 Å². The van der Waals surface area contributed by atoms with Gasteiger partial charge in [0.05, 0.1) is 13.2 Å². The molecule has 0 aliphatic carbocycles. The molecule has 2 atom stereocenters. The smallest absolute Gasteiger partial charge is 0.302 e. The monoisotopic (exact) mass is 264 g/mol. The van der Waals surface area contributed by atoms with E-state index in [2.05, 4.69) is 0 Å². The largest absolute Gasteiger partial charge is 0.460 e. The second-order valence-corrected chi connectivity index (χ2v) is 3.75. The van der Waals surface area contributed by atoms with Crippen LogP contribution in [0, 0.1) is 0 Å². The Balaban J connectivity index is 0. The maximum atomic E-state index is 10.3. The lowest BCUT2D eigenvalue weighted by Gasteiger charge is -2.08. The molecule has 0 saturated carbocycles. The Labute approximate surface area is 109 Å². The van der Waals surface area contributed by atoms with Crippen LogP contribution in [-0.4, -0.2) is 51.6 Å². The summed E-state index contributed by atoms with van der Waals surface area (Å²) in [4.78, 5) is 20.5. The maximum Gasteiger partial charge on any atom is 0.302 e. The van der Waals surface area contributed by atoms with Crippen LogP contribution >= 0.6 is 0 Å². The number of methoxy groups -OCH3 is 2. The Bertz CT molecular complexity index is 205. The molecule has 0 spiro atoms. The molecule has 6 heteroatoms. The van der Waals surface area contributed by atoms with Crippen molar-refractivity contribution < 1.29 is 28.5 Å². The predicted molar refractivity (Wildman–Crippen MR) is 66.2 cm³/mol. The molecule has 18 heavy (non-hydrogen) atoms. The van der Waals surface area contributed by atoms with Crippen LogP contribution in [0.5, 0.6) is 0 Å². The first-order chi connectivity index (χ1) is 8.33. The van der Waals surface area contributed by atoms with E-state index in [9.17, 15) is 9.59 Å². The van der Waals surface area contributed by atoms with Gasteiger partial charge in [-0.15, -0.1) is 0 Å². The minimum atomic E-state index is -0.264. The number of rotatable bonds is 6. The number of esters is 2. The van der Waals surface area contributed by atoms with Gasteiger partial charge in [0.1, 0.15) is 12.2 Å². The molecular weight excluding hydrogens is 240 g/mol. The summed E-state index contributed by atoms with van der Waals surface area (Å²) in [6.45, 7) is 7.24. The topological polar surface area (TPSA) is 71.1 Å². The van der Waals surface area contributed by atoms with Gasteiger partial charge in [-0.1, -0.05) is 0 Å². The molecule has 0 rings (SSSR count). The summed E-state index contributed by atoms with van der Waals surface area (Å²) in [5.41, 5.74) is 0. The summed E-state index contributed by atoms with van der Waals surface area (Å²) in [5, 5.41) is 0. The summed E-state index contributed by atoms with van der Waals surface area (Å²) < 4.78 is 18.9. The summed E-state index contributed by atoms with van der Waals surface area (Å²) in [6, 6.07) is 0. The highest BCUT2D eigenvalue weighted by Gasteiger charge is 2.02. The minimum absolute atomic E-state index is 0.132. The molecule has 0 aliphatic rings. The average Bonchev–Trinajstić information content (AvgIpc) is 2.16. The zero-order valence-electron chi connectivity index (χ0n) is 12.0. The Morgan fingerprint density at radius 2 is 1.11 bits per heavy atom. The third-order valence-electron chi connectivity index (χ3n) is 1.54. The Hall–Kier alpha value is -1.14. The Morgan fingerprint density at radius 1 is 0.833 bits per heavy atom. The van der Waals surface area contributed by atoms with Gasteiger partial charge in [-0.3, -0.25) is 9.59 Å². The van der Waals surface area contributed by atoms with Crippen molar-refractivity contribution in [3.05, 3.63) is 0 Å². The molecule has 108 valence electrons. The fraction of sp³-hybridized carbons (Fsp3) is 0.833. The quantitative estimate of drug-likeness (QED) is 0.671. The van der Waals surface area contributed by atoms with E-state index >= 15 is 0 Å². The van der Waals surface area contributed by atoms with Gasteiger partial charge in [-0.2, -0.15) is 0 Å². The Morgan fingerprint density at radius 3 is 1.28 bits per heavy atom. The first-order valence-corrected chi connectivity index (χ1v) is 5.65. The highest BCUT2D eigenvalue weighted by molar-refractivity contribution is 5.66. The van der Waals surface area contributed by atoms with Gasteiger partial charge in [0.2, 0.25) is 0 Å². The van der Waals surface area contributed by atoms with Gasteiger partial charge in [0, 0.05) is 28.1 Å². The Kier molecular flexibility index (Phi) is 13.1. The molecule has 0 aromatic heterocycles. The lowest BCUT2D eigenvalue weighted by molar-refractivity contribution is -0.148. The molecule has 0 fully saturated rings.